The summed E-state index contributed by atoms with van der Waals surface area (Å²) in [4.78, 5) is 14.0. The van der Waals surface area contributed by atoms with Gasteiger partial charge in [0.2, 0.25) is 0 Å². The van der Waals surface area contributed by atoms with Crippen LogP contribution in [0.25, 0.3) is 0 Å². The molecule has 2 N–H and O–H groups in total. The highest BCUT2D eigenvalue weighted by atomic mass is 32.1. The maximum absolute atomic E-state index is 11.7. The summed E-state index contributed by atoms with van der Waals surface area (Å²) < 4.78 is 10.3. The molecule has 1 aromatic rings. The zero-order valence-corrected chi connectivity index (χ0v) is 12.3. The molecule has 1 unspecified atom stereocenters. The average molecular weight is 295 g/mol. The number of nitrogens with zero attached hydrogens (tertiary/aromatic N) is 2. The van der Waals surface area contributed by atoms with E-state index in [9.17, 15) is 10.1 Å². The topological polar surface area (TPSA) is 88.6 Å². The second kappa shape index (κ2) is 6.11. The zero-order valence-electron chi connectivity index (χ0n) is 11.5. The van der Waals surface area contributed by atoms with Gasteiger partial charge < -0.3 is 20.1 Å². The van der Waals surface area contributed by atoms with Crippen LogP contribution in [0.15, 0.2) is 0 Å². The minimum Gasteiger partial charge on any atom is -0.465 e. The van der Waals surface area contributed by atoms with Crippen molar-refractivity contribution in [3.05, 3.63) is 10.4 Å². The molecule has 0 bridgehead atoms. The number of rotatable bonds is 3. The molecule has 1 fully saturated rings. The van der Waals surface area contributed by atoms with Crippen LogP contribution in [0.3, 0.4) is 0 Å². The Morgan fingerprint density at radius 3 is 3.05 bits per heavy atom. The molecule has 1 saturated heterocycles. The van der Waals surface area contributed by atoms with Crippen LogP contribution >= 0.6 is 11.3 Å². The Bertz CT molecular complexity index is 550. The minimum absolute atomic E-state index is 0.139. The van der Waals surface area contributed by atoms with Gasteiger partial charge in [-0.3, -0.25) is 0 Å². The lowest BCUT2D eigenvalue weighted by atomic mass is 10.2. The van der Waals surface area contributed by atoms with E-state index in [-0.39, 0.29) is 11.8 Å². The number of hydrogen-bond donors (Lipinski definition) is 1. The second-order valence-electron chi connectivity index (χ2n) is 4.48. The number of hydrogen-bond acceptors (Lipinski definition) is 7. The Hall–Kier alpha value is -1.78. The van der Waals surface area contributed by atoms with Crippen LogP contribution in [0.2, 0.25) is 0 Å². The summed E-state index contributed by atoms with van der Waals surface area (Å²) in [5, 5.41) is 10.0. The van der Waals surface area contributed by atoms with Crippen LogP contribution in [0.5, 0.6) is 0 Å². The Balaban J connectivity index is 2.36. The number of anilines is 2. The monoisotopic (exact) mass is 295 g/mol. The predicted octanol–water partition coefficient (Wildman–Crippen LogP) is 1.60. The third-order valence-corrected chi connectivity index (χ3v) is 4.54. The largest absolute Gasteiger partial charge is 0.465 e. The van der Waals surface area contributed by atoms with E-state index in [4.69, 9.17) is 15.2 Å². The molecule has 20 heavy (non-hydrogen) atoms. The van der Waals surface area contributed by atoms with Crippen LogP contribution in [0.4, 0.5) is 10.7 Å². The molecule has 0 amide bonds. The van der Waals surface area contributed by atoms with Crippen LogP contribution in [0.1, 0.15) is 28.6 Å². The molecule has 0 saturated carbocycles. The summed E-state index contributed by atoms with van der Waals surface area (Å²) in [6.45, 7) is 4.05. The van der Waals surface area contributed by atoms with Crippen LogP contribution in [-0.2, 0) is 9.47 Å². The van der Waals surface area contributed by atoms with E-state index in [1.165, 1.54) is 18.4 Å². The van der Waals surface area contributed by atoms with Gasteiger partial charge in [-0.15, -0.1) is 11.3 Å². The molecule has 108 valence electrons. The minimum atomic E-state index is -0.504. The maximum Gasteiger partial charge on any atom is 0.350 e. The molecule has 0 spiro atoms. The Morgan fingerprint density at radius 2 is 2.45 bits per heavy atom. The average Bonchev–Trinajstić information content (AvgIpc) is 2.83. The van der Waals surface area contributed by atoms with Crippen molar-refractivity contribution in [2.75, 3.05) is 37.4 Å². The lowest BCUT2D eigenvalue weighted by Gasteiger charge is -2.33. The van der Waals surface area contributed by atoms with Crippen molar-refractivity contribution in [2.24, 2.45) is 0 Å². The van der Waals surface area contributed by atoms with Gasteiger partial charge in [-0.2, -0.15) is 5.26 Å². The highest BCUT2D eigenvalue weighted by molar-refractivity contribution is 7.18. The highest BCUT2D eigenvalue weighted by Gasteiger charge is 2.28. The Labute approximate surface area is 121 Å². The summed E-state index contributed by atoms with van der Waals surface area (Å²) >= 11 is 1.21. The van der Waals surface area contributed by atoms with Crippen LogP contribution in [0, 0.1) is 11.3 Å². The number of esters is 1. The lowest BCUT2D eigenvalue weighted by Crippen LogP contribution is -2.42. The summed E-state index contributed by atoms with van der Waals surface area (Å²) in [5.74, 6) is -0.504. The molecule has 7 heteroatoms. The third-order valence-electron chi connectivity index (χ3n) is 3.29. The zero-order chi connectivity index (χ0) is 14.7. The molecule has 2 heterocycles. The van der Waals surface area contributed by atoms with Crippen LogP contribution < -0.4 is 10.6 Å². The van der Waals surface area contributed by atoms with Crippen molar-refractivity contribution in [3.8, 4) is 6.07 Å². The first-order chi connectivity index (χ1) is 9.62. The van der Waals surface area contributed by atoms with Gasteiger partial charge in [-0.25, -0.2) is 4.79 Å². The standard InChI is InChI=1S/C13H17N3O3S/c1-3-8-7-16(4-5-19-8)12-9(6-14)10(15)11(20-12)13(17)18-2/h8H,3-5,7,15H2,1-2H3. The molecule has 0 aromatic carbocycles. The summed E-state index contributed by atoms with van der Waals surface area (Å²) in [6, 6.07) is 2.09. The van der Waals surface area contributed by atoms with Crippen molar-refractivity contribution in [1.82, 2.24) is 0 Å². The molecule has 6 nitrogen and oxygen atoms in total. The van der Waals surface area contributed by atoms with Crippen molar-refractivity contribution >= 4 is 28.0 Å². The molecular weight excluding hydrogens is 278 g/mol. The fourth-order valence-electron chi connectivity index (χ4n) is 2.16. The van der Waals surface area contributed by atoms with E-state index in [2.05, 4.69) is 17.9 Å². The number of thiophene rings is 1. The SMILES string of the molecule is CCC1CN(c2sc(C(=O)OC)c(N)c2C#N)CCO1. The predicted molar refractivity (Wildman–Crippen MR) is 77.0 cm³/mol. The van der Waals surface area contributed by atoms with E-state index in [0.717, 1.165) is 11.4 Å². The molecule has 0 radical (unpaired) electrons. The first-order valence-electron chi connectivity index (χ1n) is 6.39. The smallest absolute Gasteiger partial charge is 0.350 e. The molecule has 0 aliphatic carbocycles. The van der Waals surface area contributed by atoms with Gasteiger partial charge in [-0.05, 0) is 6.42 Å². The van der Waals surface area contributed by atoms with Gasteiger partial charge in [0, 0.05) is 13.1 Å². The van der Waals surface area contributed by atoms with Crippen molar-refractivity contribution in [3.63, 3.8) is 0 Å². The molecular formula is C13H17N3O3S. The van der Waals surface area contributed by atoms with Gasteiger partial charge in [0.1, 0.15) is 21.5 Å². The van der Waals surface area contributed by atoms with Gasteiger partial charge >= 0.3 is 5.97 Å². The van der Waals surface area contributed by atoms with E-state index in [0.29, 0.717) is 30.1 Å². The van der Waals surface area contributed by atoms with Gasteiger partial charge in [0.25, 0.3) is 0 Å². The van der Waals surface area contributed by atoms with Gasteiger partial charge in [0.15, 0.2) is 0 Å². The van der Waals surface area contributed by atoms with Crippen LogP contribution in [-0.4, -0.2) is 38.9 Å². The van der Waals surface area contributed by atoms with Crippen molar-refractivity contribution in [1.29, 1.82) is 5.26 Å². The summed E-state index contributed by atoms with van der Waals surface area (Å²) in [7, 11) is 1.30. The first-order valence-corrected chi connectivity index (χ1v) is 7.21. The quantitative estimate of drug-likeness (QED) is 0.852. The van der Waals surface area contributed by atoms with E-state index < -0.39 is 5.97 Å². The number of nitrogens with two attached hydrogens (primary N) is 1. The van der Waals surface area contributed by atoms with E-state index >= 15 is 0 Å². The number of ether oxygens (including phenoxy) is 2. The van der Waals surface area contributed by atoms with E-state index in [1.807, 2.05) is 0 Å². The molecule has 1 aliphatic rings. The lowest BCUT2D eigenvalue weighted by molar-refractivity contribution is 0.0386. The maximum atomic E-state index is 11.7. The third kappa shape index (κ3) is 2.57. The Morgan fingerprint density at radius 1 is 1.70 bits per heavy atom. The van der Waals surface area contributed by atoms with Gasteiger partial charge in [-0.1, -0.05) is 6.92 Å². The van der Waals surface area contributed by atoms with Crippen molar-refractivity contribution < 1.29 is 14.3 Å². The van der Waals surface area contributed by atoms with E-state index in [1.54, 1.807) is 0 Å². The molecule has 2 rings (SSSR count). The van der Waals surface area contributed by atoms with Crippen molar-refractivity contribution in [2.45, 2.75) is 19.4 Å². The molecule has 1 atom stereocenters. The number of methoxy groups -OCH3 is 1. The summed E-state index contributed by atoms with van der Waals surface area (Å²) in [6.07, 6.45) is 1.04. The fraction of sp³-hybridized carbons (Fsp3) is 0.538. The molecule has 1 aliphatic heterocycles. The van der Waals surface area contributed by atoms with Gasteiger partial charge in [0.05, 0.1) is 25.5 Å². The molecule has 1 aromatic heterocycles. The first kappa shape index (κ1) is 14.6. The highest BCUT2D eigenvalue weighted by Crippen LogP contribution is 2.38. The normalized spacial score (nSPS) is 18.6. The second-order valence-corrected chi connectivity index (χ2v) is 5.47. The summed E-state index contributed by atoms with van der Waals surface area (Å²) in [5.41, 5.74) is 6.46. The Kier molecular flexibility index (Phi) is 4.47. The number of nitrogen functional groups attached to an aromatic ring is 1. The number of carbonyl (C=O) groups is 1. The fourth-order valence-corrected chi connectivity index (χ4v) is 3.28. The number of nitriles is 1. The number of morpholine rings is 1. The number of carbonyl (C=O) groups excluding carboxylic acids is 1.